The normalized spacial score (nSPS) is 24.6. The van der Waals surface area contributed by atoms with Crippen LogP contribution in [0.3, 0.4) is 0 Å². The highest BCUT2D eigenvalue weighted by Gasteiger charge is 2.53. The van der Waals surface area contributed by atoms with Crippen LogP contribution in [-0.2, 0) is 19.1 Å². The molecule has 0 spiro atoms. The number of aliphatic carboxylic acids is 1. The topological polar surface area (TPSA) is 105 Å². The van der Waals surface area contributed by atoms with Gasteiger partial charge in [0, 0.05) is 27.3 Å². The standard InChI is InChI=1S/C21H20BrNO6S/c1-2-28-21(27)15-12(10-4-3-5-11(22)8-10)9-30-19(15)23-18(24)16-13-6-7-14(29-13)17(16)20(25)26/h3-5,8-9,13-14,16-17H,2,6-7H2,1H3,(H,23,24)(H,25,26)/p-1/t13-,14+,16-,17+/m1/s1. The number of carbonyl (C=O) groups excluding carboxylic acids is 3. The Balaban J connectivity index is 1.66. The Morgan fingerprint density at radius 2 is 2.00 bits per heavy atom. The summed E-state index contributed by atoms with van der Waals surface area (Å²) < 4.78 is 11.7. The maximum Gasteiger partial charge on any atom is 0.341 e. The summed E-state index contributed by atoms with van der Waals surface area (Å²) in [5.41, 5.74) is 1.68. The van der Waals surface area contributed by atoms with Gasteiger partial charge in [-0.1, -0.05) is 28.1 Å². The van der Waals surface area contributed by atoms with Crippen LogP contribution >= 0.6 is 27.3 Å². The number of benzene rings is 1. The van der Waals surface area contributed by atoms with Gasteiger partial charge >= 0.3 is 5.97 Å². The van der Waals surface area contributed by atoms with Gasteiger partial charge in [0.2, 0.25) is 5.91 Å². The van der Waals surface area contributed by atoms with E-state index in [0.717, 1.165) is 10.0 Å². The van der Waals surface area contributed by atoms with Gasteiger partial charge in [-0.15, -0.1) is 11.3 Å². The number of esters is 1. The molecule has 7 nitrogen and oxygen atoms in total. The largest absolute Gasteiger partial charge is 0.550 e. The zero-order valence-electron chi connectivity index (χ0n) is 16.1. The van der Waals surface area contributed by atoms with E-state index in [2.05, 4.69) is 21.2 Å². The lowest BCUT2D eigenvalue weighted by Crippen LogP contribution is -2.46. The van der Waals surface area contributed by atoms with Gasteiger partial charge in [0.1, 0.15) is 10.6 Å². The zero-order valence-corrected chi connectivity index (χ0v) is 18.5. The molecule has 1 aromatic heterocycles. The molecule has 0 radical (unpaired) electrons. The van der Waals surface area contributed by atoms with Crippen LogP contribution in [0.1, 0.15) is 30.1 Å². The lowest BCUT2D eigenvalue weighted by molar-refractivity contribution is -0.313. The van der Waals surface area contributed by atoms with Crippen molar-refractivity contribution in [1.82, 2.24) is 0 Å². The number of hydrogen-bond acceptors (Lipinski definition) is 7. The van der Waals surface area contributed by atoms with Gasteiger partial charge < -0.3 is 24.7 Å². The van der Waals surface area contributed by atoms with Crippen molar-refractivity contribution in [2.75, 3.05) is 11.9 Å². The van der Waals surface area contributed by atoms with Crippen molar-refractivity contribution in [3.63, 3.8) is 0 Å². The quantitative estimate of drug-likeness (QED) is 0.621. The number of anilines is 1. The monoisotopic (exact) mass is 492 g/mol. The van der Waals surface area contributed by atoms with Crippen molar-refractivity contribution in [1.29, 1.82) is 0 Å². The molecule has 9 heteroatoms. The number of fused-ring (bicyclic) bond motifs is 2. The molecule has 2 bridgehead atoms. The smallest absolute Gasteiger partial charge is 0.341 e. The first-order valence-electron chi connectivity index (χ1n) is 9.62. The third-order valence-corrected chi connectivity index (χ3v) is 6.88. The first kappa shape index (κ1) is 21.0. The van der Waals surface area contributed by atoms with Crippen molar-refractivity contribution >= 4 is 50.1 Å². The zero-order chi connectivity index (χ0) is 21.4. The molecule has 4 atom stereocenters. The molecule has 2 aliphatic rings. The number of rotatable bonds is 6. The fourth-order valence-electron chi connectivity index (χ4n) is 4.23. The highest BCUT2D eigenvalue weighted by molar-refractivity contribution is 9.10. The molecule has 1 amide bonds. The fourth-order valence-corrected chi connectivity index (χ4v) is 5.59. The van der Waals surface area contributed by atoms with Crippen LogP contribution in [0.4, 0.5) is 5.00 Å². The lowest BCUT2D eigenvalue weighted by atomic mass is 9.79. The number of carboxylic acid groups (broad SMARTS) is 1. The summed E-state index contributed by atoms with van der Waals surface area (Å²) in [5.74, 6) is -4.15. The van der Waals surface area contributed by atoms with Gasteiger partial charge in [0.15, 0.2) is 0 Å². The fraction of sp³-hybridized carbons (Fsp3) is 0.381. The number of thiophene rings is 1. The predicted molar refractivity (Wildman–Crippen MR) is 112 cm³/mol. The number of nitrogens with one attached hydrogen (secondary N) is 1. The van der Waals surface area contributed by atoms with Gasteiger partial charge in [0.25, 0.3) is 0 Å². The van der Waals surface area contributed by atoms with E-state index < -0.39 is 41.9 Å². The van der Waals surface area contributed by atoms with E-state index >= 15 is 0 Å². The highest BCUT2D eigenvalue weighted by atomic mass is 79.9. The van der Waals surface area contributed by atoms with E-state index in [-0.39, 0.29) is 12.2 Å². The molecule has 1 aromatic carbocycles. The lowest BCUT2D eigenvalue weighted by Gasteiger charge is -2.27. The summed E-state index contributed by atoms with van der Waals surface area (Å²) in [7, 11) is 0. The molecule has 0 saturated carbocycles. The molecule has 2 saturated heterocycles. The van der Waals surface area contributed by atoms with Crippen LogP contribution in [0.5, 0.6) is 0 Å². The van der Waals surface area contributed by atoms with Crippen molar-refractivity contribution in [2.24, 2.45) is 11.8 Å². The van der Waals surface area contributed by atoms with Crippen molar-refractivity contribution in [2.45, 2.75) is 32.0 Å². The SMILES string of the molecule is CCOC(=O)c1c(-c2cccc(Br)c2)csc1NC(=O)[C@H]1[C@@H](C(=O)[O-])[C@@H]2CC[C@H]1O2. The molecule has 30 heavy (non-hydrogen) atoms. The first-order chi connectivity index (χ1) is 14.4. The first-order valence-corrected chi connectivity index (χ1v) is 11.3. The minimum absolute atomic E-state index is 0.187. The van der Waals surface area contributed by atoms with Crippen molar-refractivity contribution in [3.8, 4) is 11.1 Å². The van der Waals surface area contributed by atoms with Crippen LogP contribution in [0.25, 0.3) is 11.1 Å². The number of carbonyl (C=O) groups is 3. The second-order valence-corrected chi connectivity index (χ2v) is 9.03. The molecular formula is C21H19BrNO6S-. The van der Waals surface area contributed by atoms with Crippen LogP contribution in [-0.4, -0.2) is 36.7 Å². The summed E-state index contributed by atoms with van der Waals surface area (Å²) in [6, 6.07) is 7.45. The number of carboxylic acids is 1. The minimum atomic E-state index is -1.28. The number of ether oxygens (including phenoxy) is 2. The Morgan fingerprint density at radius 1 is 1.27 bits per heavy atom. The summed E-state index contributed by atoms with van der Waals surface area (Å²) in [5, 5.41) is 16.5. The minimum Gasteiger partial charge on any atom is -0.550 e. The molecule has 2 aliphatic heterocycles. The Kier molecular flexibility index (Phi) is 5.95. The Hall–Kier alpha value is -2.23. The maximum absolute atomic E-state index is 13.0. The number of hydrogen-bond donors (Lipinski definition) is 1. The highest BCUT2D eigenvalue weighted by Crippen LogP contribution is 2.44. The average molecular weight is 493 g/mol. The molecule has 0 aliphatic carbocycles. The number of halogens is 1. The molecular weight excluding hydrogens is 474 g/mol. The van der Waals surface area contributed by atoms with Crippen molar-refractivity contribution in [3.05, 3.63) is 39.7 Å². The van der Waals surface area contributed by atoms with Crippen molar-refractivity contribution < 1.29 is 29.0 Å². The predicted octanol–water partition coefficient (Wildman–Crippen LogP) is 2.84. The summed E-state index contributed by atoms with van der Waals surface area (Å²) in [4.78, 5) is 37.3. The summed E-state index contributed by atoms with van der Waals surface area (Å²) in [6.07, 6.45) is 0.285. The van der Waals surface area contributed by atoms with Crippen LogP contribution in [0.15, 0.2) is 34.1 Å². The Labute approximate surface area is 185 Å². The molecule has 3 heterocycles. The Bertz CT molecular complexity index is 1010. The molecule has 2 aromatic rings. The molecule has 4 rings (SSSR count). The summed E-state index contributed by atoms with van der Waals surface area (Å²) >= 11 is 4.62. The van der Waals surface area contributed by atoms with Gasteiger partial charge in [-0.3, -0.25) is 4.79 Å². The van der Waals surface area contributed by atoms with E-state index in [4.69, 9.17) is 9.47 Å². The Morgan fingerprint density at radius 3 is 2.67 bits per heavy atom. The van der Waals surface area contributed by atoms with Crippen LogP contribution in [0, 0.1) is 11.8 Å². The maximum atomic E-state index is 13.0. The molecule has 1 N–H and O–H groups in total. The third kappa shape index (κ3) is 3.77. The van der Waals surface area contributed by atoms with Gasteiger partial charge in [-0.2, -0.15) is 0 Å². The second-order valence-electron chi connectivity index (χ2n) is 7.23. The van der Waals surface area contributed by atoms with E-state index in [1.807, 2.05) is 24.3 Å². The van der Waals surface area contributed by atoms with Gasteiger partial charge in [-0.05, 0) is 37.5 Å². The van der Waals surface area contributed by atoms with Crippen LogP contribution < -0.4 is 10.4 Å². The second kappa shape index (κ2) is 8.49. The molecule has 0 unspecified atom stereocenters. The van der Waals surface area contributed by atoms with E-state index in [1.165, 1.54) is 11.3 Å². The van der Waals surface area contributed by atoms with Crippen LogP contribution in [0.2, 0.25) is 0 Å². The van der Waals surface area contributed by atoms with E-state index in [1.54, 1.807) is 12.3 Å². The summed E-state index contributed by atoms with van der Waals surface area (Å²) in [6.45, 7) is 1.89. The van der Waals surface area contributed by atoms with Gasteiger partial charge in [0.05, 0.1) is 24.7 Å². The molecule has 158 valence electrons. The van der Waals surface area contributed by atoms with Gasteiger partial charge in [-0.25, -0.2) is 4.79 Å². The van der Waals surface area contributed by atoms with E-state index in [0.29, 0.717) is 23.4 Å². The van der Waals surface area contributed by atoms with E-state index in [9.17, 15) is 19.5 Å². The third-order valence-electron chi connectivity index (χ3n) is 5.49. The average Bonchev–Trinajstić information content (AvgIpc) is 3.42. The number of amides is 1. The molecule has 2 fully saturated rings.